The lowest BCUT2D eigenvalue weighted by Crippen LogP contribution is -2.00. The molecule has 2 rings (SSSR count). The number of benzene rings is 2. The first kappa shape index (κ1) is 15.8. The van der Waals surface area contributed by atoms with E-state index >= 15 is 0 Å². The molecular weight excluding hydrogens is 309 g/mol. The van der Waals surface area contributed by atoms with Crippen molar-refractivity contribution in [1.29, 1.82) is 0 Å². The normalized spacial score (nSPS) is 11.7. The van der Waals surface area contributed by atoms with Gasteiger partial charge in [-0.3, -0.25) is 10.1 Å². The van der Waals surface area contributed by atoms with Gasteiger partial charge in [-0.2, -0.15) is 0 Å². The maximum absolute atomic E-state index is 12.7. The zero-order valence-electron chi connectivity index (χ0n) is 11.3. The molecule has 5 nitrogen and oxygen atoms in total. The SMILES string of the molecule is O=[N+]([O-])c1ccc(CS(=O)(=O)C=Cc2ccc(F)cc2)cc1. The van der Waals surface area contributed by atoms with E-state index in [0.717, 1.165) is 5.41 Å². The highest BCUT2D eigenvalue weighted by molar-refractivity contribution is 7.93. The van der Waals surface area contributed by atoms with Crippen LogP contribution in [0.25, 0.3) is 6.08 Å². The van der Waals surface area contributed by atoms with Crippen molar-refractivity contribution in [2.75, 3.05) is 0 Å². The Labute approximate surface area is 126 Å². The number of nitro benzene ring substituents is 1. The van der Waals surface area contributed by atoms with E-state index in [1.165, 1.54) is 54.6 Å². The summed E-state index contributed by atoms with van der Waals surface area (Å²) in [5.41, 5.74) is 0.922. The molecule has 0 N–H and O–H groups in total. The third-order valence-corrected chi connectivity index (χ3v) is 4.14. The molecule has 0 aromatic heterocycles. The molecule has 7 heteroatoms. The van der Waals surface area contributed by atoms with E-state index in [1.807, 2.05) is 0 Å². The Morgan fingerprint density at radius 1 is 1.05 bits per heavy atom. The van der Waals surface area contributed by atoms with Gasteiger partial charge < -0.3 is 0 Å². The summed E-state index contributed by atoms with van der Waals surface area (Å²) in [4.78, 5) is 9.98. The highest BCUT2D eigenvalue weighted by Crippen LogP contribution is 2.15. The third-order valence-electron chi connectivity index (χ3n) is 2.85. The van der Waals surface area contributed by atoms with Gasteiger partial charge in [-0.15, -0.1) is 0 Å². The van der Waals surface area contributed by atoms with E-state index in [1.54, 1.807) is 0 Å². The van der Waals surface area contributed by atoms with Crippen LogP contribution >= 0.6 is 0 Å². The van der Waals surface area contributed by atoms with Gasteiger partial charge in [-0.1, -0.05) is 24.3 Å². The van der Waals surface area contributed by atoms with Crippen LogP contribution in [0.1, 0.15) is 11.1 Å². The van der Waals surface area contributed by atoms with E-state index in [9.17, 15) is 22.9 Å². The summed E-state index contributed by atoms with van der Waals surface area (Å²) in [5.74, 6) is -0.659. The summed E-state index contributed by atoms with van der Waals surface area (Å²) in [6, 6.07) is 10.7. The Kier molecular flexibility index (Phi) is 4.67. The van der Waals surface area contributed by atoms with Crippen LogP contribution in [0.3, 0.4) is 0 Å². The molecule has 0 spiro atoms. The molecule has 2 aromatic rings. The third kappa shape index (κ3) is 4.49. The largest absolute Gasteiger partial charge is 0.269 e. The van der Waals surface area contributed by atoms with Crippen LogP contribution in [0.15, 0.2) is 53.9 Å². The van der Waals surface area contributed by atoms with Gasteiger partial charge in [0.15, 0.2) is 9.84 Å². The average molecular weight is 321 g/mol. The molecule has 22 heavy (non-hydrogen) atoms. The Hall–Kier alpha value is -2.54. The number of sulfone groups is 1. The fourth-order valence-corrected chi connectivity index (χ4v) is 2.87. The molecule has 0 bridgehead atoms. The Bertz CT molecular complexity index is 796. The molecule has 0 radical (unpaired) electrons. The van der Waals surface area contributed by atoms with Crippen molar-refractivity contribution < 1.29 is 17.7 Å². The smallest absolute Gasteiger partial charge is 0.258 e. The van der Waals surface area contributed by atoms with Crippen molar-refractivity contribution in [3.8, 4) is 0 Å². The van der Waals surface area contributed by atoms with Crippen LogP contribution in [0.2, 0.25) is 0 Å². The minimum Gasteiger partial charge on any atom is -0.258 e. The van der Waals surface area contributed by atoms with Crippen molar-refractivity contribution in [3.05, 3.63) is 81.0 Å². The van der Waals surface area contributed by atoms with E-state index in [2.05, 4.69) is 0 Å². The summed E-state index contributed by atoms with van der Waals surface area (Å²) in [6.07, 6.45) is 1.38. The van der Waals surface area contributed by atoms with Crippen LogP contribution < -0.4 is 0 Å². The van der Waals surface area contributed by atoms with Crippen LogP contribution in [0.4, 0.5) is 10.1 Å². The number of halogens is 1. The average Bonchev–Trinajstić information content (AvgIpc) is 2.47. The summed E-state index contributed by atoms with van der Waals surface area (Å²) < 4.78 is 36.7. The predicted molar refractivity (Wildman–Crippen MR) is 81.2 cm³/mol. The lowest BCUT2D eigenvalue weighted by Gasteiger charge is -2.00. The highest BCUT2D eigenvalue weighted by atomic mass is 32.2. The number of nitrogens with zero attached hydrogens (tertiary/aromatic N) is 1. The van der Waals surface area contributed by atoms with Gasteiger partial charge in [0.25, 0.3) is 5.69 Å². The summed E-state index contributed by atoms with van der Waals surface area (Å²) in [5, 5.41) is 11.6. The van der Waals surface area contributed by atoms with Crippen LogP contribution in [-0.2, 0) is 15.6 Å². The molecule has 0 amide bonds. The first-order valence-electron chi connectivity index (χ1n) is 6.25. The van der Waals surface area contributed by atoms with Gasteiger partial charge >= 0.3 is 0 Å². The van der Waals surface area contributed by atoms with E-state index in [-0.39, 0.29) is 11.4 Å². The van der Waals surface area contributed by atoms with Gasteiger partial charge in [0.1, 0.15) is 5.82 Å². The fraction of sp³-hybridized carbons (Fsp3) is 0.0667. The molecule has 0 aliphatic rings. The Morgan fingerprint density at radius 3 is 2.18 bits per heavy atom. The van der Waals surface area contributed by atoms with Crippen LogP contribution in [-0.4, -0.2) is 13.3 Å². The molecule has 2 aromatic carbocycles. The van der Waals surface area contributed by atoms with Crippen LogP contribution in [0, 0.1) is 15.9 Å². The van der Waals surface area contributed by atoms with Crippen molar-refractivity contribution in [3.63, 3.8) is 0 Å². The second-order valence-electron chi connectivity index (χ2n) is 4.59. The second kappa shape index (κ2) is 6.48. The molecule has 0 saturated carbocycles. The maximum Gasteiger partial charge on any atom is 0.269 e. The number of non-ortho nitro benzene ring substituents is 1. The number of nitro groups is 1. The molecule has 0 aliphatic carbocycles. The molecule has 0 atom stereocenters. The molecule has 0 saturated heterocycles. The predicted octanol–water partition coefficient (Wildman–Crippen LogP) is 3.32. The fourth-order valence-electron chi connectivity index (χ4n) is 1.75. The maximum atomic E-state index is 12.7. The number of rotatable bonds is 5. The first-order chi connectivity index (χ1) is 10.4. The molecule has 0 aliphatic heterocycles. The van der Waals surface area contributed by atoms with Crippen molar-refractivity contribution in [2.45, 2.75) is 5.75 Å². The quantitative estimate of drug-likeness (QED) is 0.625. The van der Waals surface area contributed by atoms with Crippen molar-refractivity contribution >= 4 is 21.6 Å². The summed E-state index contributed by atoms with van der Waals surface area (Å²) >= 11 is 0. The zero-order chi connectivity index (χ0) is 16.2. The zero-order valence-corrected chi connectivity index (χ0v) is 12.2. The first-order valence-corrected chi connectivity index (χ1v) is 7.97. The second-order valence-corrected chi connectivity index (χ2v) is 6.47. The Balaban J connectivity index is 2.10. The monoisotopic (exact) mass is 321 g/mol. The lowest BCUT2D eigenvalue weighted by molar-refractivity contribution is -0.384. The molecular formula is C15H12FNO4S. The van der Waals surface area contributed by atoms with E-state index in [0.29, 0.717) is 11.1 Å². The molecule has 0 unspecified atom stereocenters. The van der Waals surface area contributed by atoms with Gasteiger partial charge in [0.05, 0.1) is 10.7 Å². The summed E-state index contributed by atoms with van der Waals surface area (Å²) in [6.45, 7) is 0. The highest BCUT2D eigenvalue weighted by Gasteiger charge is 2.10. The lowest BCUT2D eigenvalue weighted by atomic mass is 10.2. The number of hydrogen-bond donors (Lipinski definition) is 0. The van der Waals surface area contributed by atoms with Gasteiger partial charge in [-0.25, -0.2) is 12.8 Å². The Morgan fingerprint density at radius 2 is 1.64 bits per heavy atom. The molecule has 114 valence electrons. The van der Waals surface area contributed by atoms with Gasteiger partial charge in [0.2, 0.25) is 0 Å². The minimum atomic E-state index is -3.52. The summed E-state index contributed by atoms with van der Waals surface area (Å²) in [7, 11) is -3.52. The van der Waals surface area contributed by atoms with E-state index in [4.69, 9.17) is 0 Å². The van der Waals surface area contributed by atoms with Crippen molar-refractivity contribution in [2.24, 2.45) is 0 Å². The van der Waals surface area contributed by atoms with Gasteiger partial charge in [0, 0.05) is 17.5 Å². The topological polar surface area (TPSA) is 77.3 Å². The number of hydrogen-bond acceptors (Lipinski definition) is 4. The molecule has 0 fully saturated rings. The van der Waals surface area contributed by atoms with Crippen LogP contribution in [0.5, 0.6) is 0 Å². The molecule has 0 heterocycles. The van der Waals surface area contributed by atoms with Crippen molar-refractivity contribution in [1.82, 2.24) is 0 Å². The van der Waals surface area contributed by atoms with Gasteiger partial charge in [-0.05, 0) is 29.3 Å². The minimum absolute atomic E-state index is 0.0944. The standard InChI is InChI=1S/C15H12FNO4S/c16-14-5-1-12(2-6-14)9-10-22(20,21)11-13-3-7-15(8-4-13)17(18)19/h1-10H,11H2. The van der Waals surface area contributed by atoms with E-state index < -0.39 is 20.6 Å².